The van der Waals surface area contributed by atoms with Gasteiger partial charge in [0.2, 0.25) is 5.91 Å². The van der Waals surface area contributed by atoms with Gasteiger partial charge in [0, 0.05) is 17.3 Å². The lowest BCUT2D eigenvalue weighted by Gasteiger charge is -2.18. The van der Waals surface area contributed by atoms with Crippen molar-refractivity contribution < 1.29 is 4.79 Å². The molecule has 0 fully saturated rings. The Hall–Kier alpha value is -2.33. The molecular weight excluding hydrogens is 262 g/mol. The fraction of sp³-hybridized carbons (Fsp3) is 0.235. The Morgan fingerprint density at radius 2 is 1.86 bits per heavy atom. The lowest BCUT2D eigenvalue weighted by Crippen LogP contribution is -2.15. The minimum Gasteiger partial charge on any atom is -0.378 e. The zero-order valence-corrected chi connectivity index (χ0v) is 12.0. The molecule has 0 aromatic heterocycles. The van der Waals surface area contributed by atoms with Crippen molar-refractivity contribution in [2.24, 2.45) is 11.5 Å². The van der Waals surface area contributed by atoms with Gasteiger partial charge < -0.3 is 16.8 Å². The Balaban J connectivity index is 1.92. The zero-order valence-electron chi connectivity index (χ0n) is 12.0. The van der Waals surface area contributed by atoms with E-state index in [4.69, 9.17) is 11.5 Å². The Bertz CT molecular complexity index is 696. The molecule has 1 aliphatic carbocycles. The third kappa shape index (κ3) is 2.38. The molecule has 3 rings (SSSR count). The second-order valence-electron chi connectivity index (χ2n) is 5.51. The standard InChI is InChI=1S/C17H19N3O/c1-10-11(17(19)21)7-4-8-15(10)20-16-9-14(18)12-5-2-3-6-13(12)16/h2-8,14,16,20H,9,18H2,1H3,(H2,19,21). The van der Waals surface area contributed by atoms with Crippen LogP contribution in [0.15, 0.2) is 42.5 Å². The van der Waals surface area contributed by atoms with Gasteiger partial charge in [0.15, 0.2) is 0 Å². The van der Waals surface area contributed by atoms with Crippen LogP contribution in [0.3, 0.4) is 0 Å². The summed E-state index contributed by atoms with van der Waals surface area (Å²) in [5, 5.41) is 3.50. The van der Waals surface area contributed by atoms with Crippen LogP contribution in [-0.4, -0.2) is 5.91 Å². The van der Waals surface area contributed by atoms with Gasteiger partial charge in [0.1, 0.15) is 0 Å². The molecule has 0 radical (unpaired) electrons. The summed E-state index contributed by atoms with van der Waals surface area (Å²) in [7, 11) is 0. The molecule has 0 saturated heterocycles. The average molecular weight is 281 g/mol. The second-order valence-corrected chi connectivity index (χ2v) is 5.51. The van der Waals surface area contributed by atoms with Gasteiger partial charge >= 0.3 is 0 Å². The smallest absolute Gasteiger partial charge is 0.249 e. The molecule has 4 nitrogen and oxygen atoms in total. The maximum Gasteiger partial charge on any atom is 0.249 e. The highest BCUT2D eigenvalue weighted by molar-refractivity contribution is 5.95. The number of fused-ring (bicyclic) bond motifs is 1. The van der Waals surface area contributed by atoms with E-state index < -0.39 is 5.91 Å². The zero-order chi connectivity index (χ0) is 15.0. The van der Waals surface area contributed by atoms with Gasteiger partial charge in [-0.1, -0.05) is 30.3 Å². The molecule has 5 N–H and O–H groups in total. The molecule has 1 amide bonds. The molecule has 21 heavy (non-hydrogen) atoms. The SMILES string of the molecule is Cc1c(NC2CC(N)c3ccccc32)cccc1C(N)=O. The summed E-state index contributed by atoms with van der Waals surface area (Å²) in [4.78, 5) is 11.4. The molecule has 4 heteroatoms. The minimum absolute atomic E-state index is 0.0540. The van der Waals surface area contributed by atoms with Crippen molar-refractivity contribution in [3.05, 3.63) is 64.7 Å². The molecule has 1 aliphatic rings. The molecule has 0 saturated carbocycles. The van der Waals surface area contributed by atoms with Crippen LogP contribution in [0.1, 0.15) is 45.6 Å². The van der Waals surface area contributed by atoms with E-state index in [0.717, 1.165) is 17.7 Å². The first-order valence-corrected chi connectivity index (χ1v) is 7.08. The summed E-state index contributed by atoms with van der Waals surface area (Å²) < 4.78 is 0. The molecule has 2 aromatic rings. The number of anilines is 1. The largest absolute Gasteiger partial charge is 0.378 e. The molecule has 2 unspecified atom stereocenters. The normalized spacial score (nSPS) is 20.1. The van der Waals surface area contributed by atoms with Crippen molar-refractivity contribution >= 4 is 11.6 Å². The van der Waals surface area contributed by atoms with Gasteiger partial charge in [-0.3, -0.25) is 4.79 Å². The maximum atomic E-state index is 11.4. The number of hydrogen-bond acceptors (Lipinski definition) is 3. The number of nitrogens with two attached hydrogens (primary N) is 2. The van der Waals surface area contributed by atoms with Crippen molar-refractivity contribution in [1.82, 2.24) is 0 Å². The van der Waals surface area contributed by atoms with Crippen LogP contribution < -0.4 is 16.8 Å². The highest BCUT2D eigenvalue weighted by Crippen LogP contribution is 2.39. The first kappa shape index (κ1) is 13.6. The highest BCUT2D eigenvalue weighted by atomic mass is 16.1. The van der Waals surface area contributed by atoms with Crippen LogP contribution in [-0.2, 0) is 0 Å². The molecule has 0 spiro atoms. The number of benzene rings is 2. The highest BCUT2D eigenvalue weighted by Gasteiger charge is 2.28. The van der Waals surface area contributed by atoms with Crippen molar-refractivity contribution in [1.29, 1.82) is 0 Å². The summed E-state index contributed by atoms with van der Waals surface area (Å²) in [6.45, 7) is 1.91. The van der Waals surface area contributed by atoms with Gasteiger partial charge in [-0.15, -0.1) is 0 Å². The number of rotatable bonds is 3. The lowest BCUT2D eigenvalue weighted by molar-refractivity contribution is 0.1000. The summed E-state index contributed by atoms with van der Waals surface area (Å²) in [5.74, 6) is -0.403. The first-order chi connectivity index (χ1) is 10.1. The third-order valence-corrected chi connectivity index (χ3v) is 4.19. The third-order valence-electron chi connectivity index (χ3n) is 4.19. The van der Waals surface area contributed by atoms with Crippen molar-refractivity contribution in [3.8, 4) is 0 Å². The summed E-state index contributed by atoms with van der Waals surface area (Å²) in [6.07, 6.45) is 0.847. The minimum atomic E-state index is -0.403. The van der Waals surface area contributed by atoms with E-state index in [1.54, 1.807) is 6.07 Å². The predicted octanol–water partition coefficient (Wildman–Crippen LogP) is 2.65. The Kier molecular flexibility index (Phi) is 3.39. The van der Waals surface area contributed by atoms with Crippen LogP contribution in [0.25, 0.3) is 0 Å². The van der Waals surface area contributed by atoms with Crippen molar-refractivity contribution in [2.75, 3.05) is 5.32 Å². The summed E-state index contributed by atoms with van der Waals surface area (Å²) in [5.41, 5.74) is 16.4. The number of carbonyl (C=O) groups excluding carboxylic acids is 1. The number of hydrogen-bond donors (Lipinski definition) is 3. The Morgan fingerprint density at radius 1 is 1.14 bits per heavy atom. The fourth-order valence-electron chi connectivity index (χ4n) is 3.06. The molecule has 2 aromatic carbocycles. The molecule has 108 valence electrons. The van der Waals surface area contributed by atoms with Crippen LogP contribution >= 0.6 is 0 Å². The van der Waals surface area contributed by atoms with Gasteiger partial charge in [0.25, 0.3) is 0 Å². The van der Waals surface area contributed by atoms with Crippen LogP contribution in [0, 0.1) is 6.92 Å². The van der Waals surface area contributed by atoms with E-state index in [1.165, 1.54) is 11.1 Å². The molecule has 2 atom stereocenters. The monoisotopic (exact) mass is 281 g/mol. The Morgan fingerprint density at radius 3 is 2.57 bits per heavy atom. The van der Waals surface area contributed by atoms with Gasteiger partial charge in [-0.05, 0) is 42.2 Å². The fourth-order valence-corrected chi connectivity index (χ4v) is 3.06. The number of amides is 1. The van der Waals surface area contributed by atoms with E-state index >= 15 is 0 Å². The topological polar surface area (TPSA) is 81.1 Å². The molecule has 0 bridgehead atoms. The summed E-state index contributed by atoms with van der Waals surface area (Å²) in [6, 6.07) is 14.0. The van der Waals surface area contributed by atoms with Gasteiger partial charge in [-0.2, -0.15) is 0 Å². The van der Waals surface area contributed by atoms with E-state index in [1.807, 2.05) is 31.2 Å². The van der Waals surface area contributed by atoms with Crippen LogP contribution in [0.4, 0.5) is 5.69 Å². The van der Waals surface area contributed by atoms with E-state index in [-0.39, 0.29) is 12.1 Å². The number of nitrogens with one attached hydrogen (secondary N) is 1. The molecular formula is C17H19N3O. The maximum absolute atomic E-state index is 11.4. The summed E-state index contributed by atoms with van der Waals surface area (Å²) >= 11 is 0. The molecule has 0 heterocycles. The quantitative estimate of drug-likeness (QED) is 0.809. The molecule has 0 aliphatic heterocycles. The van der Waals surface area contributed by atoms with Crippen molar-refractivity contribution in [2.45, 2.75) is 25.4 Å². The van der Waals surface area contributed by atoms with E-state index in [0.29, 0.717) is 5.56 Å². The number of carbonyl (C=O) groups is 1. The van der Waals surface area contributed by atoms with E-state index in [2.05, 4.69) is 17.4 Å². The van der Waals surface area contributed by atoms with Gasteiger partial charge in [0.05, 0.1) is 6.04 Å². The number of primary amides is 1. The predicted molar refractivity (Wildman–Crippen MR) is 84.0 cm³/mol. The van der Waals surface area contributed by atoms with Crippen molar-refractivity contribution in [3.63, 3.8) is 0 Å². The van der Waals surface area contributed by atoms with Crippen LogP contribution in [0.2, 0.25) is 0 Å². The first-order valence-electron chi connectivity index (χ1n) is 7.08. The van der Waals surface area contributed by atoms with Crippen LogP contribution in [0.5, 0.6) is 0 Å². The second kappa shape index (κ2) is 5.22. The van der Waals surface area contributed by atoms with E-state index in [9.17, 15) is 4.79 Å². The lowest BCUT2D eigenvalue weighted by atomic mass is 10.0. The Labute approximate surface area is 124 Å². The average Bonchev–Trinajstić information content (AvgIpc) is 2.78. The van der Waals surface area contributed by atoms with Gasteiger partial charge in [-0.25, -0.2) is 0 Å².